The van der Waals surface area contributed by atoms with Crippen molar-refractivity contribution in [3.05, 3.63) is 0 Å². The lowest BCUT2D eigenvalue weighted by Gasteiger charge is -2.03. The van der Waals surface area contributed by atoms with Crippen molar-refractivity contribution < 1.29 is 9.94 Å². The summed E-state index contributed by atoms with van der Waals surface area (Å²) in [7, 11) is 0. The van der Waals surface area contributed by atoms with Crippen molar-refractivity contribution in [3.63, 3.8) is 0 Å². The Hall–Kier alpha value is -0.770. The molecule has 0 aliphatic rings. The predicted molar refractivity (Wildman–Crippen MR) is 57.6 cm³/mol. The van der Waals surface area contributed by atoms with E-state index in [2.05, 4.69) is 12.1 Å². The van der Waals surface area contributed by atoms with Crippen molar-refractivity contribution in [2.45, 2.75) is 45.4 Å². The molecule has 0 spiro atoms. The zero-order chi connectivity index (χ0) is 10.6. The Bertz CT molecular complexity index is 149. The summed E-state index contributed by atoms with van der Waals surface area (Å²) >= 11 is 0. The number of unbranched alkanes of at least 4 members (excludes halogenated alkanes) is 4. The largest absolute Gasteiger partial charge is 0.409 e. The molecule has 0 radical (unpaired) electrons. The van der Waals surface area contributed by atoms with Gasteiger partial charge in [0.15, 0.2) is 0 Å². The molecule has 0 aromatic carbocycles. The van der Waals surface area contributed by atoms with Crippen LogP contribution in [0.2, 0.25) is 0 Å². The molecule has 4 nitrogen and oxygen atoms in total. The van der Waals surface area contributed by atoms with Gasteiger partial charge in [0.25, 0.3) is 0 Å². The Morgan fingerprint density at radius 1 is 1.21 bits per heavy atom. The van der Waals surface area contributed by atoms with E-state index in [9.17, 15) is 0 Å². The van der Waals surface area contributed by atoms with Crippen LogP contribution >= 0.6 is 0 Å². The van der Waals surface area contributed by atoms with E-state index in [4.69, 9.17) is 15.7 Å². The fourth-order valence-corrected chi connectivity index (χ4v) is 1.14. The second-order valence-corrected chi connectivity index (χ2v) is 3.37. The molecule has 0 fully saturated rings. The van der Waals surface area contributed by atoms with E-state index in [-0.39, 0.29) is 5.84 Å². The fourth-order valence-electron chi connectivity index (χ4n) is 1.14. The lowest BCUT2D eigenvalue weighted by Crippen LogP contribution is -2.14. The van der Waals surface area contributed by atoms with Crippen molar-refractivity contribution in [1.82, 2.24) is 0 Å². The van der Waals surface area contributed by atoms with Gasteiger partial charge >= 0.3 is 0 Å². The molecule has 0 aliphatic carbocycles. The minimum atomic E-state index is 0.232. The van der Waals surface area contributed by atoms with Crippen LogP contribution in [0.15, 0.2) is 5.16 Å². The van der Waals surface area contributed by atoms with Crippen molar-refractivity contribution in [2.24, 2.45) is 10.9 Å². The van der Waals surface area contributed by atoms with Gasteiger partial charge in [-0.1, -0.05) is 37.8 Å². The van der Waals surface area contributed by atoms with E-state index in [0.29, 0.717) is 13.0 Å². The number of nitrogens with zero attached hydrogens (tertiary/aromatic N) is 1. The predicted octanol–water partition coefficient (Wildman–Crippen LogP) is 2.11. The maximum atomic E-state index is 8.24. The zero-order valence-electron chi connectivity index (χ0n) is 9.04. The quantitative estimate of drug-likeness (QED) is 0.198. The summed E-state index contributed by atoms with van der Waals surface area (Å²) in [4.78, 5) is 0. The summed E-state index contributed by atoms with van der Waals surface area (Å²) in [5.41, 5.74) is 5.27. The van der Waals surface area contributed by atoms with Gasteiger partial charge in [-0.05, 0) is 6.42 Å². The summed E-state index contributed by atoms with van der Waals surface area (Å²) in [6.07, 6.45) is 6.72. The SMILES string of the molecule is CCCCCCCOCC/C(N)=N/O. The van der Waals surface area contributed by atoms with Crippen LogP contribution in [-0.4, -0.2) is 24.3 Å². The molecule has 0 amide bonds. The molecule has 0 aromatic rings. The van der Waals surface area contributed by atoms with Crippen LogP contribution in [-0.2, 0) is 4.74 Å². The van der Waals surface area contributed by atoms with E-state index >= 15 is 0 Å². The van der Waals surface area contributed by atoms with Gasteiger partial charge in [0.2, 0.25) is 0 Å². The number of ether oxygens (including phenoxy) is 1. The highest BCUT2D eigenvalue weighted by Gasteiger charge is 1.93. The normalized spacial score (nSPS) is 11.9. The van der Waals surface area contributed by atoms with Gasteiger partial charge in [0.05, 0.1) is 6.61 Å². The molecular formula is C10H22N2O2. The van der Waals surface area contributed by atoms with Crippen molar-refractivity contribution in [1.29, 1.82) is 0 Å². The number of hydrogen-bond acceptors (Lipinski definition) is 3. The third-order valence-electron chi connectivity index (χ3n) is 2.02. The Balaban J connectivity index is 2.99. The standard InChI is InChI=1S/C10H22N2O2/c1-2-3-4-5-6-8-14-9-7-10(11)12-13/h13H,2-9H2,1H3,(H2,11,12). The summed E-state index contributed by atoms with van der Waals surface area (Å²) in [5, 5.41) is 11.1. The van der Waals surface area contributed by atoms with Crippen LogP contribution in [0.3, 0.4) is 0 Å². The van der Waals surface area contributed by atoms with Crippen LogP contribution in [0.5, 0.6) is 0 Å². The zero-order valence-corrected chi connectivity index (χ0v) is 9.04. The van der Waals surface area contributed by atoms with E-state index in [1.54, 1.807) is 0 Å². The number of amidine groups is 1. The Morgan fingerprint density at radius 3 is 2.57 bits per heavy atom. The summed E-state index contributed by atoms with van der Waals surface area (Å²) in [5.74, 6) is 0.232. The molecule has 0 atom stereocenters. The van der Waals surface area contributed by atoms with Gasteiger partial charge < -0.3 is 15.7 Å². The fraction of sp³-hybridized carbons (Fsp3) is 0.900. The highest BCUT2D eigenvalue weighted by molar-refractivity contribution is 5.79. The van der Waals surface area contributed by atoms with E-state index in [0.717, 1.165) is 13.0 Å². The monoisotopic (exact) mass is 202 g/mol. The minimum absolute atomic E-state index is 0.232. The van der Waals surface area contributed by atoms with Crippen LogP contribution in [0, 0.1) is 0 Å². The Labute approximate surface area is 86.1 Å². The molecule has 0 saturated heterocycles. The maximum Gasteiger partial charge on any atom is 0.141 e. The number of oxime groups is 1. The van der Waals surface area contributed by atoms with Gasteiger partial charge in [-0.25, -0.2) is 0 Å². The first-order valence-electron chi connectivity index (χ1n) is 5.35. The van der Waals surface area contributed by atoms with Crippen LogP contribution in [0.1, 0.15) is 45.4 Å². The minimum Gasteiger partial charge on any atom is -0.409 e. The Morgan fingerprint density at radius 2 is 1.93 bits per heavy atom. The molecule has 4 heteroatoms. The molecule has 0 saturated carbocycles. The highest BCUT2D eigenvalue weighted by Crippen LogP contribution is 2.02. The maximum absolute atomic E-state index is 8.24. The lowest BCUT2D eigenvalue weighted by atomic mass is 10.2. The summed E-state index contributed by atoms with van der Waals surface area (Å²) < 4.78 is 5.31. The first-order chi connectivity index (χ1) is 6.81. The number of nitrogens with two attached hydrogens (primary N) is 1. The van der Waals surface area contributed by atoms with E-state index < -0.39 is 0 Å². The van der Waals surface area contributed by atoms with Gasteiger partial charge in [-0.3, -0.25) is 0 Å². The van der Waals surface area contributed by atoms with Crippen LogP contribution < -0.4 is 5.73 Å². The second-order valence-electron chi connectivity index (χ2n) is 3.37. The average Bonchev–Trinajstić information content (AvgIpc) is 2.21. The van der Waals surface area contributed by atoms with E-state index in [1.165, 1.54) is 25.7 Å². The van der Waals surface area contributed by atoms with Crippen molar-refractivity contribution >= 4 is 5.84 Å². The molecule has 3 N–H and O–H groups in total. The average molecular weight is 202 g/mol. The third-order valence-corrected chi connectivity index (χ3v) is 2.02. The molecule has 0 aromatic heterocycles. The smallest absolute Gasteiger partial charge is 0.141 e. The molecule has 84 valence electrons. The number of hydrogen-bond donors (Lipinski definition) is 2. The molecule has 0 aliphatic heterocycles. The van der Waals surface area contributed by atoms with Gasteiger partial charge in [0.1, 0.15) is 5.84 Å². The molecule has 0 bridgehead atoms. The molecular weight excluding hydrogens is 180 g/mol. The van der Waals surface area contributed by atoms with E-state index in [1.807, 2.05) is 0 Å². The molecule has 0 heterocycles. The lowest BCUT2D eigenvalue weighted by molar-refractivity contribution is 0.136. The van der Waals surface area contributed by atoms with Crippen LogP contribution in [0.25, 0.3) is 0 Å². The van der Waals surface area contributed by atoms with Crippen LogP contribution in [0.4, 0.5) is 0 Å². The summed E-state index contributed by atoms with van der Waals surface area (Å²) in [6, 6.07) is 0. The number of rotatable bonds is 9. The van der Waals surface area contributed by atoms with Gasteiger partial charge in [-0.2, -0.15) is 0 Å². The molecule has 0 unspecified atom stereocenters. The highest BCUT2D eigenvalue weighted by atomic mass is 16.5. The topological polar surface area (TPSA) is 67.8 Å². The van der Waals surface area contributed by atoms with Crippen molar-refractivity contribution in [3.8, 4) is 0 Å². The molecule has 14 heavy (non-hydrogen) atoms. The van der Waals surface area contributed by atoms with Gasteiger partial charge in [-0.15, -0.1) is 0 Å². The first-order valence-corrected chi connectivity index (χ1v) is 5.35. The van der Waals surface area contributed by atoms with Gasteiger partial charge in [0, 0.05) is 13.0 Å². The second kappa shape index (κ2) is 10.3. The summed E-state index contributed by atoms with van der Waals surface area (Å²) in [6.45, 7) is 3.53. The first kappa shape index (κ1) is 13.2. The van der Waals surface area contributed by atoms with Crippen molar-refractivity contribution in [2.75, 3.05) is 13.2 Å². The molecule has 0 rings (SSSR count). The third kappa shape index (κ3) is 9.32. The Kier molecular flexibility index (Phi) is 9.74.